The van der Waals surface area contributed by atoms with Crippen molar-refractivity contribution in [3.63, 3.8) is 0 Å². The molecule has 0 heterocycles. The van der Waals surface area contributed by atoms with E-state index in [1.807, 2.05) is 0 Å². The van der Waals surface area contributed by atoms with E-state index in [-0.39, 0.29) is 43.3 Å². The molecule has 4 N–H and O–H groups in total. The van der Waals surface area contributed by atoms with Crippen molar-refractivity contribution in [1.82, 2.24) is 0 Å². The van der Waals surface area contributed by atoms with Gasteiger partial charge in [0, 0.05) is 0 Å². The summed E-state index contributed by atoms with van der Waals surface area (Å²) < 4.78 is 0. The second-order valence-corrected chi connectivity index (χ2v) is 30.4. The highest BCUT2D eigenvalue weighted by molar-refractivity contribution is 5.59. The molecule has 0 fully saturated rings. The molecular weight excluding hydrogens is 905 g/mol. The predicted octanol–water partition coefficient (Wildman–Crippen LogP) is 18.8. The Balaban J connectivity index is 0.000000589. The topological polar surface area (TPSA) is 80.9 Å². The van der Waals surface area contributed by atoms with Crippen LogP contribution in [-0.2, 0) is 69.0 Å². The quantitative estimate of drug-likeness (QED) is 0.131. The van der Waals surface area contributed by atoms with Crippen molar-refractivity contribution in [2.45, 2.75) is 263 Å². The molecule has 0 bridgehead atoms. The minimum Gasteiger partial charge on any atom is -0.507 e. The van der Waals surface area contributed by atoms with Gasteiger partial charge in [-0.1, -0.05) is 222 Å². The molecule has 0 unspecified atom stereocenters. The van der Waals surface area contributed by atoms with Crippen LogP contribution in [-0.4, -0.2) is 20.4 Å². The third kappa shape index (κ3) is 14.0. The number of phenols is 4. The van der Waals surface area contributed by atoms with Crippen LogP contribution in [0.4, 0.5) is 0 Å². The lowest BCUT2D eigenvalue weighted by Crippen LogP contribution is -2.19. The van der Waals surface area contributed by atoms with Crippen LogP contribution in [0.3, 0.4) is 0 Å². The van der Waals surface area contributed by atoms with Crippen LogP contribution in [0.25, 0.3) is 0 Å². The molecule has 408 valence electrons. The number of aryl methyl sites for hydroxylation is 1. The molecule has 0 aliphatic rings. The van der Waals surface area contributed by atoms with E-state index >= 15 is 0 Å². The van der Waals surface area contributed by atoms with Crippen LogP contribution >= 0.6 is 0 Å². The minimum absolute atomic E-state index is 0.0186. The fourth-order valence-corrected chi connectivity index (χ4v) is 10.7. The summed E-state index contributed by atoms with van der Waals surface area (Å²) in [6.45, 7) is 61.2. The number of hydrogen-bond donors (Lipinski definition) is 4. The van der Waals surface area contributed by atoms with Gasteiger partial charge in [-0.3, -0.25) is 0 Å². The highest BCUT2D eigenvalue weighted by atomic mass is 16.3. The highest BCUT2D eigenvalue weighted by Crippen LogP contribution is 2.46. The minimum atomic E-state index is -0.226. The Morgan fingerprint density at radius 3 is 0.514 bits per heavy atom. The molecule has 4 heteroatoms. The molecule has 5 rings (SSSR count). The van der Waals surface area contributed by atoms with Gasteiger partial charge in [0.1, 0.15) is 23.0 Å². The van der Waals surface area contributed by atoms with Gasteiger partial charge in [-0.15, -0.1) is 0 Å². The molecule has 74 heavy (non-hydrogen) atoms. The number of aromatic hydroxyl groups is 4. The average molecular weight is 1010 g/mol. The third-order valence-electron chi connectivity index (χ3n) is 15.4. The van der Waals surface area contributed by atoms with Crippen LogP contribution in [0.15, 0.2) is 48.5 Å². The van der Waals surface area contributed by atoms with Crippen LogP contribution in [0, 0.1) is 20.8 Å². The lowest BCUT2D eigenvalue weighted by molar-refractivity contribution is 0.422. The van der Waals surface area contributed by atoms with E-state index in [2.05, 4.69) is 242 Å². The maximum atomic E-state index is 11.6. The van der Waals surface area contributed by atoms with Crippen molar-refractivity contribution in [3.8, 4) is 23.0 Å². The number of phenolic OH excluding ortho intramolecular Hbond substituents is 4. The highest BCUT2D eigenvalue weighted by Gasteiger charge is 2.32. The van der Waals surface area contributed by atoms with Gasteiger partial charge >= 0.3 is 0 Å². The summed E-state index contributed by atoms with van der Waals surface area (Å²) in [7, 11) is 0. The van der Waals surface area contributed by atoms with Crippen molar-refractivity contribution in [1.29, 1.82) is 0 Å². The first-order valence-corrected chi connectivity index (χ1v) is 27.7. The summed E-state index contributed by atoms with van der Waals surface area (Å²) in [5, 5.41) is 45.4. The molecule has 0 saturated heterocycles. The van der Waals surface area contributed by atoms with E-state index < -0.39 is 0 Å². The molecule has 0 spiro atoms. The Labute approximate surface area is 452 Å². The summed E-state index contributed by atoms with van der Waals surface area (Å²) in [4.78, 5) is 0. The van der Waals surface area contributed by atoms with Crippen LogP contribution in [0.2, 0.25) is 0 Å². The van der Waals surface area contributed by atoms with Gasteiger partial charge in [0.05, 0.1) is 0 Å². The van der Waals surface area contributed by atoms with Crippen molar-refractivity contribution >= 4 is 0 Å². The van der Waals surface area contributed by atoms with Gasteiger partial charge < -0.3 is 20.4 Å². The summed E-state index contributed by atoms with van der Waals surface area (Å²) in [5.74, 6) is 1.70. The zero-order chi connectivity index (χ0) is 57.2. The average Bonchev–Trinajstić information content (AvgIpc) is 3.21. The first kappa shape index (κ1) is 61.8. The number of benzene rings is 5. The number of hydrogen-bond acceptors (Lipinski definition) is 4. The lowest BCUT2D eigenvalue weighted by Gasteiger charge is -2.30. The van der Waals surface area contributed by atoms with Gasteiger partial charge in [-0.05, 0) is 190 Å². The largest absolute Gasteiger partial charge is 0.507 e. The SMILES string of the molecule is CCc1cc(C(C)(C)C)c(O)c(C(C)(C)C)c1.Cc1c(Cc2cc(C(C)(C)C)c(O)c(C(C)(C)C)c2)c(C)c(Cc2cc(C(C)(C)C)c(O)c(C(C)(C)C)c2)c(C)c1Cc1cc(C(C)(C)C)c(O)c(C(C)(C)C)c1. The first-order chi connectivity index (χ1) is 33.1. The molecule has 4 nitrogen and oxygen atoms in total. The fourth-order valence-electron chi connectivity index (χ4n) is 10.7. The zero-order valence-electron chi connectivity index (χ0n) is 52.2. The molecular formula is C70H104O4. The van der Waals surface area contributed by atoms with E-state index in [1.54, 1.807) is 0 Å². The van der Waals surface area contributed by atoms with Gasteiger partial charge in [0.15, 0.2) is 0 Å². The molecule has 0 atom stereocenters. The third-order valence-corrected chi connectivity index (χ3v) is 15.4. The monoisotopic (exact) mass is 1010 g/mol. The molecule has 0 amide bonds. The molecule has 5 aromatic carbocycles. The Morgan fingerprint density at radius 1 is 0.257 bits per heavy atom. The standard InChI is InChI=1S/C54H78O3.C16H26O/c1-31-37(22-34-25-40(49(4,5)6)46(55)41(26-34)50(7,8)9)32(2)39(24-36-29-44(53(16,17)18)48(57)45(30-36)54(19,20)21)33(3)38(31)23-35-27-42(51(10,11)12)47(56)43(28-35)52(13,14)15;1-8-11-9-12(15(2,3)4)14(17)13(10-11)16(5,6)7/h25-30,55-57H,22-24H2,1-21H3;9-10,17H,8H2,1-7H3. The van der Waals surface area contributed by atoms with Crippen molar-refractivity contribution in [2.24, 2.45) is 0 Å². The van der Waals surface area contributed by atoms with Gasteiger partial charge in [-0.25, -0.2) is 0 Å². The van der Waals surface area contributed by atoms with Gasteiger partial charge in [0.2, 0.25) is 0 Å². The summed E-state index contributed by atoms with van der Waals surface area (Å²) in [6.07, 6.45) is 3.25. The molecule has 0 aliphatic carbocycles. The Hall–Kier alpha value is -4.70. The maximum absolute atomic E-state index is 11.6. The summed E-state index contributed by atoms with van der Waals surface area (Å²) >= 11 is 0. The Morgan fingerprint density at radius 2 is 0.392 bits per heavy atom. The zero-order valence-corrected chi connectivity index (χ0v) is 52.2. The van der Waals surface area contributed by atoms with Crippen LogP contribution in [0.1, 0.15) is 273 Å². The van der Waals surface area contributed by atoms with Crippen molar-refractivity contribution in [2.75, 3.05) is 0 Å². The Bertz CT molecular complexity index is 2430. The fraction of sp³-hybridized carbons (Fsp3) is 0.571. The first-order valence-electron chi connectivity index (χ1n) is 27.7. The second kappa shape index (κ2) is 21.0. The molecule has 0 aromatic heterocycles. The number of rotatable bonds is 7. The summed E-state index contributed by atoms with van der Waals surface area (Å²) in [6, 6.07) is 17.7. The van der Waals surface area contributed by atoms with E-state index in [4.69, 9.17) is 0 Å². The van der Waals surface area contributed by atoms with E-state index in [0.717, 1.165) is 70.2 Å². The second-order valence-electron chi connectivity index (χ2n) is 30.4. The van der Waals surface area contributed by atoms with E-state index in [9.17, 15) is 20.4 Å². The molecule has 0 aliphatic heterocycles. The van der Waals surface area contributed by atoms with Crippen LogP contribution in [0.5, 0.6) is 23.0 Å². The van der Waals surface area contributed by atoms with Gasteiger partial charge in [-0.2, -0.15) is 0 Å². The van der Waals surface area contributed by atoms with E-state index in [0.29, 0.717) is 23.0 Å². The lowest BCUT2D eigenvalue weighted by atomic mass is 9.75. The smallest absolute Gasteiger partial charge is 0.123 e. The van der Waals surface area contributed by atoms with E-state index in [1.165, 1.54) is 55.6 Å². The predicted molar refractivity (Wildman–Crippen MR) is 320 cm³/mol. The van der Waals surface area contributed by atoms with Crippen molar-refractivity contribution < 1.29 is 20.4 Å². The maximum Gasteiger partial charge on any atom is 0.123 e. The summed E-state index contributed by atoms with van der Waals surface area (Å²) in [5.41, 5.74) is 19.4. The molecule has 0 radical (unpaired) electrons. The molecule has 5 aromatic rings. The Kier molecular flexibility index (Phi) is 17.6. The van der Waals surface area contributed by atoms with Crippen LogP contribution < -0.4 is 0 Å². The molecule has 0 saturated carbocycles. The van der Waals surface area contributed by atoms with Crippen molar-refractivity contribution in [3.05, 3.63) is 149 Å². The normalized spacial score (nSPS) is 13.3. The van der Waals surface area contributed by atoms with Gasteiger partial charge in [0.25, 0.3) is 0 Å².